The van der Waals surface area contributed by atoms with Gasteiger partial charge >= 0.3 is 5.97 Å². The predicted molar refractivity (Wildman–Crippen MR) is 80.8 cm³/mol. The first-order chi connectivity index (χ1) is 10.1. The number of nitrogens with two attached hydrogens (primary N) is 1. The summed E-state index contributed by atoms with van der Waals surface area (Å²) in [4.78, 5) is 14.4. The van der Waals surface area contributed by atoms with Crippen LogP contribution in [0.25, 0.3) is 0 Å². The van der Waals surface area contributed by atoms with Gasteiger partial charge in [0, 0.05) is 26.7 Å². The monoisotopic (exact) mass is 292 g/mol. The SMILES string of the molecule is COC(=O)C(N)(CN1CCC(OC)CC1)c1ccccc1. The van der Waals surface area contributed by atoms with Gasteiger partial charge in [-0.05, 0) is 18.4 Å². The highest BCUT2D eigenvalue weighted by Gasteiger charge is 2.39. The average molecular weight is 292 g/mol. The number of ether oxygens (including phenoxy) is 2. The van der Waals surface area contributed by atoms with E-state index in [0.29, 0.717) is 12.6 Å². The van der Waals surface area contributed by atoms with Crippen LogP contribution in [0, 0.1) is 0 Å². The molecule has 116 valence electrons. The molecular weight excluding hydrogens is 268 g/mol. The fraction of sp³-hybridized carbons (Fsp3) is 0.562. The molecule has 5 nitrogen and oxygen atoms in total. The first-order valence-corrected chi connectivity index (χ1v) is 7.28. The van der Waals surface area contributed by atoms with Gasteiger partial charge in [-0.3, -0.25) is 0 Å². The Labute approximate surface area is 126 Å². The van der Waals surface area contributed by atoms with E-state index in [4.69, 9.17) is 15.2 Å². The van der Waals surface area contributed by atoms with Crippen LogP contribution in [0.3, 0.4) is 0 Å². The molecule has 1 heterocycles. The van der Waals surface area contributed by atoms with Gasteiger partial charge < -0.3 is 20.1 Å². The van der Waals surface area contributed by atoms with Crippen LogP contribution in [-0.4, -0.2) is 50.8 Å². The van der Waals surface area contributed by atoms with Crippen molar-refractivity contribution in [2.45, 2.75) is 24.5 Å². The highest BCUT2D eigenvalue weighted by Crippen LogP contribution is 2.23. The molecule has 0 radical (unpaired) electrons. The summed E-state index contributed by atoms with van der Waals surface area (Å²) >= 11 is 0. The zero-order valence-corrected chi connectivity index (χ0v) is 12.7. The Balaban J connectivity index is 2.13. The van der Waals surface area contributed by atoms with Crippen LogP contribution >= 0.6 is 0 Å². The summed E-state index contributed by atoms with van der Waals surface area (Å²) in [5.74, 6) is -0.400. The Morgan fingerprint density at radius 2 is 1.90 bits per heavy atom. The second-order valence-corrected chi connectivity index (χ2v) is 5.54. The molecule has 1 atom stereocenters. The number of benzene rings is 1. The molecule has 1 saturated heterocycles. The quantitative estimate of drug-likeness (QED) is 0.824. The number of esters is 1. The van der Waals surface area contributed by atoms with Gasteiger partial charge in [0.05, 0.1) is 13.2 Å². The lowest BCUT2D eigenvalue weighted by atomic mass is 9.89. The van der Waals surface area contributed by atoms with Crippen LogP contribution in [0.5, 0.6) is 0 Å². The minimum Gasteiger partial charge on any atom is -0.467 e. The van der Waals surface area contributed by atoms with Crippen molar-refractivity contribution in [3.8, 4) is 0 Å². The van der Waals surface area contributed by atoms with E-state index in [1.807, 2.05) is 30.3 Å². The molecule has 1 aromatic rings. The Hall–Kier alpha value is -1.43. The maximum absolute atomic E-state index is 12.2. The molecule has 0 aromatic heterocycles. The van der Waals surface area contributed by atoms with Crippen molar-refractivity contribution in [1.82, 2.24) is 4.90 Å². The number of carbonyl (C=O) groups is 1. The number of hydrogen-bond acceptors (Lipinski definition) is 5. The van der Waals surface area contributed by atoms with E-state index in [1.54, 1.807) is 7.11 Å². The van der Waals surface area contributed by atoms with Gasteiger partial charge in [-0.25, -0.2) is 4.79 Å². The lowest BCUT2D eigenvalue weighted by Crippen LogP contribution is -2.55. The molecule has 0 aliphatic carbocycles. The number of carbonyl (C=O) groups excluding carboxylic acids is 1. The summed E-state index contributed by atoms with van der Waals surface area (Å²) in [6, 6.07) is 9.43. The van der Waals surface area contributed by atoms with Crippen LogP contribution in [0.2, 0.25) is 0 Å². The van der Waals surface area contributed by atoms with Crippen molar-refractivity contribution in [2.24, 2.45) is 5.73 Å². The maximum atomic E-state index is 12.2. The second-order valence-electron chi connectivity index (χ2n) is 5.54. The molecule has 2 rings (SSSR count). The van der Waals surface area contributed by atoms with Gasteiger partial charge in [0.25, 0.3) is 0 Å². The number of likely N-dealkylation sites (tertiary alicyclic amines) is 1. The smallest absolute Gasteiger partial charge is 0.331 e. The minimum atomic E-state index is -1.13. The van der Waals surface area contributed by atoms with Crippen LogP contribution in [-0.2, 0) is 19.8 Å². The van der Waals surface area contributed by atoms with Crippen molar-refractivity contribution < 1.29 is 14.3 Å². The van der Waals surface area contributed by atoms with Crippen molar-refractivity contribution in [3.05, 3.63) is 35.9 Å². The highest BCUT2D eigenvalue weighted by atomic mass is 16.5. The van der Waals surface area contributed by atoms with Crippen LogP contribution in [0.1, 0.15) is 18.4 Å². The summed E-state index contributed by atoms with van der Waals surface area (Å²) in [6.45, 7) is 2.21. The fourth-order valence-electron chi connectivity index (χ4n) is 2.85. The van der Waals surface area contributed by atoms with Crippen LogP contribution in [0.15, 0.2) is 30.3 Å². The van der Waals surface area contributed by atoms with Gasteiger partial charge in [-0.2, -0.15) is 0 Å². The lowest BCUT2D eigenvalue weighted by molar-refractivity contribution is -0.148. The van der Waals surface area contributed by atoms with E-state index < -0.39 is 11.5 Å². The molecule has 5 heteroatoms. The van der Waals surface area contributed by atoms with E-state index in [9.17, 15) is 4.79 Å². The summed E-state index contributed by atoms with van der Waals surface area (Å²) < 4.78 is 10.3. The van der Waals surface area contributed by atoms with Crippen LogP contribution in [0.4, 0.5) is 0 Å². The number of methoxy groups -OCH3 is 2. The number of hydrogen-bond donors (Lipinski definition) is 1. The molecule has 1 unspecified atom stereocenters. The Morgan fingerprint density at radius 3 is 2.43 bits per heavy atom. The van der Waals surface area contributed by atoms with Crippen molar-refractivity contribution >= 4 is 5.97 Å². The lowest BCUT2D eigenvalue weighted by Gasteiger charge is -2.37. The maximum Gasteiger partial charge on any atom is 0.331 e. The predicted octanol–water partition coefficient (Wildman–Crippen LogP) is 1.12. The van der Waals surface area contributed by atoms with E-state index in [2.05, 4.69) is 4.90 Å². The van der Waals surface area contributed by atoms with E-state index in [1.165, 1.54) is 7.11 Å². The molecule has 1 aromatic carbocycles. The molecule has 0 spiro atoms. The summed E-state index contributed by atoms with van der Waals surface area (Å²) in [7, 11) is 3.12. The molecule has 0 saturated carbocycles. The van der Waals surface area contributed by atoms with Gasteiger partial charge in [-0.15, -0.1) is 0 Å². The van der Waals surface area contributed by atoms with Crippen molar-refractivity contribution in [2.75, 3.05) is 33.9 Å². The zero-order chi connectivity index (χ0) is 15.3. The van der Waals surface area contributed by atoms with Crippen molar-refractivity contribution in [3.63, 3.8) is 0 Å². The van der Waals surface area contributed by atoms with Crippen LogP contribution < -0.4 is 5.73 Å². The Bertz CT molecular complexity index is 458. The molecule has 21 heavy (non-hydrogen) atoms. The molecule has 1 fully saturated rings. The van der Waals surface area contributed by atoms with Gasteiger partial charge in [0.15, 0.2) is 5.54 Å². The number of nitrogens with zero attached hydrogens (tertiary/aromatic N) is 1. The molecule has 1 aliphatic rings. The third kappa shape index (κ3) is 3.61. The molecule has 2 N–H and O–H groups in total. The summed E-state index contributed by atoms with van der Waals surface area (Å²) in [5, 5.41) is 0. The topological polar surface area (TPSA) is 64.8 Å². The Kier molecular flexibility index (Phi) is 5.33. The van der Waals surface area contributed by atoms with Crippen molar-refractivity contribution in [1.29, 1.82) is 0 Å². The van der Waals surface area contributed by atoms with Gasteiger partial charge in [0.2, 0.25) is 0 Å². The molecule has 1 aliphatic heterocycles. The van der Waals surface area contributed by atoms with Gasteiger partial charge in [0.1, 0.15) is 0 Å². The van der Waals surface area contributed by atoms with E-state index in [0.717, 1.165) is 31.5 Å². The first kappa shape index (κ1) is 15.9. The number of piperidine rings is 1. The highest BCUT2D eigenvalue weighted by molar-refractivity contribution is 5.82. The largest absolute Gasteiger partial charge is 0.467 e. The first-order valence-electron chi connectivity index (χ1n) is 7.28. The second kappa shape index (κ2) is 7.02. The van der Waals surface area contributed by atoms with E-state index >= 15 is 0 Å². The fourth-order valence-corrected chi connectivity index (χ4v) is 2.85. The summed E-state index contributed by atoms with van der Waals surface area (Å²) in [6.07, 6.45) is 2.23. The minimum absolute atomic E-state index is 0.309. The standard InChI is InChI=1S/C16H24N2O3/c1-20-14-8-10-18(11-9-14)12-16(17,15(19)21-2)13-6-4-3-5-7-13/h3-7,14H,8-12,17H2,1-2H3. The normalized spacial score (nSPS) is 20.0. The van der Waals surface area contributed by atoms with E-state index in [-0.39, 0.29) is 0 Å². The zero-order valence-electron chi connectivity index (χ0n) is 12.7. The number of rotatable bonds is 5. The third-order valence-electron chi connectivity index (χ3n) is 4.18. The summed E-state index contributed by atoms with van der Waals surface area (Å²) in [5.41, 5.74) is 6.08. The molecule has 0 bridgehead atoms. The molecule has 0 amide bonds. The molecular formula is C16H24N2O3. The third-order valence-corrected chi connectivity index (χ3v) is 4.18. The van der Waals surface area contributed by atoms with Gasteiger partial charge in [-0.1, -0.05) is 30.3 Å². The Morgan fingerprint density at radius 1 is 1.29 bits per heavy atom. The average Bonchev–Trinajstić information content (AvgIpc) is 2.55.